The Morgan fingerprint density at radius 1 is 1.20 bits per heavy atom. The first kappa shape index (κ1) is 20.9. The van der Waals surface area contributed by atoms with Crippen LogP contribution in [0.25, 0.3) is 0 Å². The summed E-state index contributed by atoms with van der Waals surface area (Å²) in [5.74, 6) is 1.11. The van der Waals surface area contributed by atoms with Gasteiger partial charge in [0.05, 0.1) is 7.11 Å². The summed E-state index contributed by atoms with van der Waals surface area (Å²) in [5.41, 5.74) is 0.734. The topological polar surface area (TPSA) is 80.1 Å². The fourth-order valence-corrected chi connectivity index (χ4v) is 5.76. The van der Waals surface area contributed by atoms with Crippen molar-refractivity contribution >= 4 is 21.6 Å². The van der Waals surface area contributed by atoms with Crippen LogP contribution >= 0.6 is 0 Å². The van der Waals surface area contributed by atoms with Crippen LogP contribution in [-0.4, -0.2) is 44.9 Å². The lowest BCUT2D eigenvalue weighted by atomic mass is 10.1. The fourth-order valence-electron chi connectivity index (χ4n) is 4.08. The van der Waals surface area contributed by atoms with E-state index in [1.807, 2.05) is 31.2 Å². The first-order chi connectivity index (χ1) is 14.3. The molecule has 8 heteroatoms. The number of hydrogen-bond donors (Lipinski definition) is 0. The van der Waals surface area contributed by atoms with E-state index in [0.717, 1.165) is 31.4 Å². The largest absolute Gasteiger partial charge is 0.497 e. The standard InChI is InChI=1S/C22H28N2O5S/c1-15(17-6-7-17)24(18-8-10-19(28-3)11-9-18)22(25)20-14-21(16(2)29-20)30(26,27)23-12-4-5-13-23/h8-11,14-15,17H,4-7,12-13H2,1-3H3. The molecule has 162 valence electrons. The summed E-state index contributed by atoms with van der Waals surface area (Å²) in [6.07, 6.45) is 3.86. The van der Waals surface area contributed by atoms with E-state index < -0.39 is 10.0 Å². The lowest BCUT2D eigenvalue weighted by molar-refractivity contribution is 0.0947. The molecule has 30 heavy (non-hydrogen) atoms. The summed E-state index contributed by atoms with van der Waals surface area (Å²) in [5, 5.41) is 0. The van der Waals surface area contributed by atoms with Crippen LogP contribution in [0.15, 0.2) is 39.6 Å². The highest BCUT2D eigenvalue weighted by Gasteiger charge is 2.38. The molecule has 2 aromatic rings. The number of methoxy groups -OCH3 is 1. The Hall–Kier alpha value is -2.32. The van der Waals surface area contributed by atoms with Crippen LogP contribution in [0, 0.1) is 12.8 Å². The van der Waals surface area contributed by atoms with Crippen LogP contribution in [0.4, 0.5) is 5.69 Å². The van der Waals surface area contributed by atoms with Crippen LogP contribution in [0.5, 0.6) is 5.75 Å². The lowest BCUT2D eigenvalue weighted by Crippen LogP contribution is -2.40. The predicted octanol–water partition coefficient (Wildman–Crippen LogP) is 3.83. The Morgan fingerprint density at radius 2 is 1.83 bits per heavy atom. The fraction of sp³-hybridized carbons (Fsp3) is 0.500. The molecule has 4 rings (SSSR count). The van der Waals surface area contributed by atoms with Gasteiger partial charge in [-0.05, 0) is 69.7 Å². The van der Waals surface area contributed by atoms with E-state index in [9.17, 15) is 13.2 Å². The highest BCUT2D eigenvalue weighted by molar-refractivity contribution is 7.89. The normalized spacial score (nSPS) is 18.4. The van der Waals surface area contributed by atoms with Gasteiger partial charge in [-0.1, -0.05) is 0 Å². The second-order valence-electron chi connectivity index (χ2n) is 8.09. The third-order valence-electron chi connectivity index (χ3n) is 6.05. The second-order valence-corrected chi connectivity index (χ2v) is 10.00. The molecule has 0 radical (unpaired) electrons. The molecule has 0 spiro atoms. The van der Waals surface area contributed by atoms with Gasteiger partial charge in [0.1, 0.15) is 16.4 Å². The van der Waals surface area contributed by atoms with Gasteiger partial charge in [-0.15, -0.1) is 0 Å². The van der Waals surface area contributed by atoms with Crippen LogP contribution in [0.3, 0.4) is 0 Å². The maximum atomic E-state index is 13.5. The summed E-state index contributed by atoms with van der Waals surface area (Å²) < 4.78 is 38.4. The van der Waals surface area contributed by atoms with Crippen molar-refractivity contribution in [2.75, 3.05) is 25.1 Å². The van der Waals surface area contributed by atoms with Crippen molar-refractivity contribution in [2.24, 2.45) is 5.92 Å². The number of amides is 1. The van der Waals surface area contributed by atoms with Crippen molar-refractivity contribution < 1.29 is 22.4 Å². The monoisotopic (exact) mass is 432 g/mol. The van der Waals surface area contributed by atoms with Crippen molar-refractivity contribution in [1.29, 1.82) is 0 Å². The van der Waals surface area contributed by atoms with E-state index >= 15 is 0 Å². The molecule has 1 aromatic carbocycles. The molecule has 1 aliphatic carbocycles. The average molecular weight is 433 g/mol. The first-order valence-electron chi connectivity index (χ1n) is 10.4. The second kappa shape index (κ2) is 8.07. The van der Waals surface area contributed by atoms with Gasteiger partial charge < -0.3 is 14.1 Å². The lowest BCUT2D eigenvalue weighted by Gasteiger charge is -2.29. The number of sulfonamides is 1. The Morgan fingerprint density at radius 3 is 2.40 bits per heavy atom. The van der Waals surface area contributed by atoms with E-state index in [1.54, 1.807) is 18.9 Å². The highest BCUT2D eigenvalue weighted by atomic mass is 32.2. The molecule has 1 saturated carbocycles. The molecule has 1 aliphatic heterocycles. The summed E-state index contributed by atoms with van der Waals surface area (Å²) in [7, 11) is -2.06. The molecule has 1 unspecified atom stereocenters. The summed E-state index contributed by atoms with van der Waals surface area (Å²) >= 11 is 0. The first-order valence-corrected chi connectivity index (χ1v) is 11.8. The molecular weight excluding hydrogens is 404 g/mol. The number of aryl methyl sites for hydroxylation is 1. The van der Waals surface area contributed by atoms with E-state index in [-0.39, 0.29) is 28.4 Å². The molecule has 0 bridgehead atoms. The summed E-state index contributed by atoms with van der Waals surface area (Å²) in [6, 6.07) is 8.68. The molecule has 0 N–H and O–H groups in total. The van der Waals surface area contributed by atoms with Crippen molar-refractivity contribution in [2.45, 2.75) is 50.5 Å². The Kier molecular flexibility index (Phi) is 5.63. The van der Waals surface area contributed by atoms with Gasteiger partial charge >= 0.3 is 0 Å². The quantitative estimate of drug-likeness (QED) is 0.664. The molecule has 2 fully saturated rings. The number of nitrogens with zero attached hydrogens (tertiary/aromatic N) is 2. The average Bonchev–Trinajstić information content (AvgIpc) is 3.27. The number of carbonyl (C=O) groups is 1. The van der Waals surface area contributed by atoms with Crippen molar-refractivity contribution in [1.82, 2.24) is 4.31 Å². The molecule has 2 heterocycles. The number of hydrogen-bond acceptors (Lipinski definition) is 5. The SMILES string of the molecule is COc1ccc(N(C(=O)c2cc(S(=O)(=O)N3CCCC3)c(C)o2)C(C)C2CC2)cc1. The van der Waals surface area contributed by atoms with Gasteiger partial charge in [-0.2, -0.15) is 4.31 Å². The van der Waals surface area contributed by atoms with Crippen molar-refractivity contribution in [3.05, 3.63) is 41.9 Å². The Labute approximate surface area is 177 Å². The number of furan rings is 1. The number of rotatable bonds is 7. The van der Waals surface area contributed by atoms with E-state index in [2.05, 4.69) is 0 Å². The van der Waals surface area contributed by atoms with Gasteiger partial charge in [0.25, 0.3) is 5.91 Å². The maximum Gasteiger partial charge on any atom is 0.294 e. The zero-order valence-electron chi connectivity index (χ0n) is 17.6. The van der Waals surface area contributed by atoms with E-state index in [4.69, 9.17) is 9.15 Å². The van der Waals surface area contributed by atoms with Gasteiger partial charge in [-0.3, -0.25) is 4.79 Å². The summed E-state index contributed by atoms with van der Waals surface area (Å²) in [4.78, 5) is 15.3. The van der Waals surface area contributed by atoms with Gasteiger partial charge in [0, 0.05) is 30.9 Å². The van der Waals surface area contributed by atoms with Crippen LogP contribution in [0.1, 0.15) is 48.9 Å². The number of ether oxygens (including phenoxy) is 1. The number of benzene rings is 1. The molecule has 1 amide bonds. The van der Waals surface area contributed by atoms with Gasteiger partial charge in [-0.25, -0.2) is 8.42 Å². The number of carbonyl (C=O) groups excluding carboxylic acids is 1. The summed E-state index contributed by atoms with van der Waals surface area (Å²) in [6.45, 7) is 4.64. The van der Waals surface area contributed by atoms with E-state index in [1.165, 1.54) is 10.4 Å². The minimum absolute atomic E-state index is 0.0186. The zero-order valence-corrected chi connectivity index (χ0v) is 18.4. The highest BCUT2D eigenvalue weighted by Crippen LogP contribution is 2.38. The van der Waals surface area contributed by atoms with Crippen molar-refractivity contribution in [3.63, 3.8) is 0 Å². The predicted molar refractivity (Wildman–Crippen MR) is 113 cm³/mol. The van der Waals surface area contributed by atoms with Crippen molar-refractivity contribution in [3.8, 4) is 5.75 Å². The molecular formula is C22H28N2O5S. The minimum atomic E-state index is -3.65. The van der Waals surface area contributed by atoms with E-state index in [0.29, 0.717) is 24.8 Å². The van der Waals surface area contributed by atoms with Crippen LogP contribution in [-0.2, 0) is 10.0 Å². The maximum absolute atomic E-state index is 13.5. The van der Waals surface area contributed by atoms with Crippen LogP contribution in [0.2, 0.25) is 0 Å². The third-order valence-corrected chi connectivity index (χ3v) is 8.05. The molecule has 7 nitrogen and oxygen atoms in total. The minimum Gasteiger partial charge on any atom is -0.497 e. The Balaban J connectivity index is 1.68. The molecule has 1 aromatic heterocycles. The molecule has 2 aliphatic rings. The number of anilines is 1. The smallest absolute Gasteiger partial charge is 0.294 e. The zero-order chi connectivity index (χ0) is 21.5. The third kappa shape index (κ3) is 3.86. The Bertz CT molecular complexity index is 1020. The molecule has 1 atom stereocenters. The van der Waals surface area contributed by atoms with Gasteiger partial charge in [0.15, 0.2) is 5.76 Å². The van der Waals surface area contributed by atoms with Crippen LogP contribution < -0.4 is 9.64 Å². The molecule has 1 saturated heterocycles. The van der Waals surface area contributed by atoms with Gasteiger partial charge in [0.2, 0.25) is 10.0 Å².